The van der Waals surface area contributed by atoms with E-state index in [2.05, 4.69) is 12.2 Å². The van der Waals surface area contributed by atoms with Crippen molar-refractivity contribution in [3.05, 3.63) is 16.4 Å². The van der Waals surface area contributed by atoms with Gasteiger partial charge in [0.2, 0.25) is 0 Å². The van der Waals surface area contributed by atoms with E-state index in [4.69, 9.17) is 8.83 Å². The summed E-state index contributed by atoms with van der Waals surface area (Å²) in [5.74, 6) is 1.88. The maximum atomic E-state index is 4.95. The van der Waals surface area contributed by atoms with E-state index in [0.29, 0.717) is 0 Å². The second-order valence-electron chi connectivity index (χ2n) is 1.80. The molecule has 0 fully saturated rings. The molecule has 1 aromatic rings. The SMILES string of the molecule is S=c1oc2c(o1)CC2. The summed E-state index contributed by atoms with van der Waals surface area (Å²) in [7, 11) is 0. The van der Waals surface area contributed by atoms with Gasteiger partial charge in [0.15, 0.2) is 0 Å². The summed E-state index contributed by atoms with van der Waals surface area (Å²) in [6.07, 6.45) is 1.99. The third kappa shape index (κ3) is 0.395. The highest BCUT2D eigenvalue weighted by atomic mass is 32.1. The predicted octanol–water partition coefficient (Wildman–Crippen LogP) is 1.70. The fourth-order valence-corrected chi connectivity index (χ4v) is 0.968. The van der Waals surface area contributed by atoms with Crippen molar-refractivity contribution in [2.45, 2.75) is 12.8 Å². The molecule has 0 aromatic carbocycles. The van der Waals surface area contributed by atoms with E-state index in [1.165, 1.54) is 0 Å². The van der Waals surface area contributed by atoms with Crippen LogP contribution in [0, 0.1) is 4.90 Å². The van der Waals surface area contributed by atoms with Gasteiger partial charge in [-0.05, 0) is 0 Å². The first-order valence-corrected chi connectivity index (χ1v) is 2.89. The van der Waals surface area contributed by atoms with E-state index in [1.807, 2.05) is 0 Å². The number of aryl methyl sites for hydroxylation is 2. The summed E-state index contributed by atoms with van der Waals surface area (Å²) in [4.78, 5) is 0.271. The second kappa shape index (κ2) is 1.23. The summed E-state index contributed by atoms with van der Waals surface area (Å²) in [6.45, 7) is 0. The lowest BCUT2D eigenvalue weighted by atomic mass is 10.0. The molecule has 0 spiro atoms. The van der Waals surface area contributed by atoms with Gasteiger partial charge in [-0.15, -0.1) is 0 Å². The minimum absolute atomic E-state index is 0.271. The van der Waals surface area contributed by atoms with Crippen molar-refractivity contribution in [3.8, 4) is 0 Å². The van der Waals surface area contributed by atoms with Crippen LogP contribution in [0.25, 0.3) is 0 Å². The van der Waals surface area contributed by atoms with Gasteiger partial charge >= 0.3 is 4.90 Å². The first kappa shape index (κ1) is 4.32. The van der Waals surface area contributed by atoms with Crippen LogP contribution in [0.5, 0.6) is 0 Å². The quantitative estimate of drug-likeness (QED) is 0.497. The Bertz CT molecular complexity index is 233. The summed E-state index contributed by atoms with van der Waals surface area (Å²) in [6, 6.07) is 0. The highest BCUT2D eigenvalue weighted by Gasteiger charge is 2.19. The first-order valence-electron chi connectivity index (χ1n) is 2.48. The number of hydrogen-bond donors (Lipinski definition) is 0. The van der Waals surface area contributed by atoms with Gasteiger partial charge in [0.05, 0.1) is 0 Å². The molecule has 8 heavy (non-hydrogen) atoms. The fourth-order valence-electron chi connectivity index (χ4n) is 0.767. The van der Waals surface area contributed by atoms with Gasteiger partial charge in [-0.3, -0.25) is 0 Å². The molecular weight excluding hydrogens is 124 g/mol. The zero-order valence-corrected chi connectivity index (χ0v) is 4.96. The van der Waals surface area contributed by atoms with Gasteiger partial charge < -0.3 is 8.83 Å². The molecule has 0 saturated carbocycles. The molecule has 0 N–H and O–H groups in total. The van der Waals surface area contributed by atoms with Crippen molar-refractivity contribution in [3.63, 3.8) is 0 Å². The zero-order valence-electron chi connectivity index (χ0n) is 4.14. The fraction of sp³-hybridized carbons (Fsp3) is 0.400. The predicted molar refractivity (Wildman–Crippen MR) is 29.2 cm³/mol. The Morgan fingerprint density at radius 2 is 1.62 bits per heavy atom. The van der Waals surface area contributed by atoms with Gasteiger partial charge in [0, 0.05) is 25.1 Å². The molecule has 2 rings (SSSR count). The smallest absolute Gasteiger partial charge is 0.363 e. The van der Waals surface area contributed by atoms with E-state index < -0.39 is 0 Å². The molecule has 0 saturated heterocycles. The van der Waals surface area contributed by atoms with Crippen molar-refractivity contribution >= 4 is 12.2 Å². The van der Waals surface area contributed by atoms with E-state index in [1.54, 1.807) is 0 Å². The van der Waals surface area contributed by atoms with Gasteiger partial charge in [-0.2, -0.15) is 0 Å². The molecule has 0 unspecified atom stereocenters. The van der Waals surface area contributed by atoms with Gasteiger partial charge in [-0.25, -0.2) is 0 Å². The first-order chi connectivity index (χ1) is 3.86. The second-order valence-corrected chi connectivity index (χ2v) is 2.13. The maximum absolute atomic E-state index is 4.95. The summed E-state index contributed by atoms with van der Waals surface area (Å²) in [5.41, 5.74) is 0. The molecule has 0 bridgehead atoms. The molecule has 2 nitrogen and oxygen atoms in total. The molecule has 1 heterocycles. The third-order valence-electron chi connectivity index (χ3n) is 1.30. The Balaban J connectivity index is 2.78. The lowest BCUT2D eigenvalue weighted by Crippen LogP contribution is -2.02. The molecule has 0 atom stereocenters. The minimum atomic E-state index is 0.271. The normalized spacial score (nSPS) is 15.0. The molecule has 0 radical (unpaired) electrons. The van der Waals surface area contributed by atoms with Crippen molar-refractivity contribution in [2.75, 3.05) is 0 Å². The standard InChI is InChI=1S/C5H4O2S/c8-5-6-3-1-2-4(3)7-5/h1-2H2. The van der Waals surface area contributed by atoms with E-state index in [-0.39, 0.29) is 4.90 Å². The van der Waals surface area contributed by atoms with E-state index in [9.17, 15) is 0 Å². The van der Waals surface area contributed by atoms with E-state index >= 15 is 0 Å². The molecule has 1 aliphatic carbocycles. The van der Waals surface area contributed by atoms with Gasteiger partial charge in [0.25, 0.3) is 0 Å². The third-order valence-corrected chi connectivity index (χ3v) is 1.47. The summed E-state index contributed by atoms with van der Waals surface area (Å²) < 4.78 is 9.90. The maximum Gasteiger partial charge on any atom is 0.363 e. The van der Waals surface area contributed by atoms with Crippen LogP contribution < -0.4 is 0 Å². The highest BCUT2D eigenvalue weighted by Crippen LogP contribution is 2.23. The van der Waals surface area contributed by atoms with Crippen LogP contribution >= 0.6 is 12.2 Å². The molecule has 1 aromatic heterocycles. The zero-order chi connectivity index (χ0) is 5.56. The van der Waals surface area contributed by atoms with Crippen molar-refractivity contribution in [1.82, 2.24) is 0 Å². The number of fused-ring (bicyclic) bond motifs is 1. The molecule has 0 aliphatic heterocycles. The molecular formula is C5H4O2S. The number of hydrogen-bond acceptors (Lipinski definition) is 3. The van der Waals surface area contributed by atoms with Crippen molar-refractivity contribution in [2.24, 2.45) is 0 Å². The largest absolute Gasteiger partial charge is 0.418 e. The molecule has 3 heteroatoms. The molecule has 1 aliphatic rings. The molecule has 0 amide bonds. The van der Waals surface area contributed by atoms with Crippen LogP contribution in [-0.4, -0.2) is 0 Å². The van der Waals surface area contributed by atoms with Gasteiger partial charge in [0.1, 0.15) is 11.5 Å². The van der Waals surface area contributed by atoms with Crippen molar-refractivity contribution in [1.29, 1.82) is 0 Å². The Hall–Kier alpha value is -0.570. The lowest BCUT2D eigenvalue weighted by Gasteiger charge is -2.03. The lowest BCUT2D eigenvalue weighted by molar-refractivity contribution is 0.412. The van der Waals surface area contributed by atoms with Crippen LogP contribution in [0.3, 0.4) is 0 Å². The van der Waals surface area contributed by atoms with E-state index in [0.717, 1.165) is 24.4 Å². The summed E-state index contributed by atoms with van der Waals surface area (Å²) in [5, 5.41) is 0. The van der Waals surface area contributed by atoms with Crippen LogP contribution in [-0.2, 0) is 12.8 Å². The topological polar surface area (TPSA) is 26.3 Å². The average Bonchev–Trinajstić information content (AvgIpc) is 1.91. The Kier molecular flexibility index (Phi) is 0.663. The average molecular weight is 128 g/mol. The monoisotopic (exact) mass is 128 g/mol. The van der Waals surface area contributed by atoms with Crippen LogP contribution in [0.1, 0.15) is 11.5 Å². The Morgan fingerprint density at radius 3 is 1.88 bits per heavy atom. The van der Waals surface area contributed by atoms with Crippen LogP contribution in [0.2, 0.25) is 0 Å². The van der Waals surface area contributed by atoms with Crippen LogP contribution in [0.15, 0.2) is 8.83 Å². The van der Waals surface area contributed by atoms with Crippen molar-refractivity contribution < 1.29 is 8.83 Å². The minimum Gasteiger partial charge on any atom is -0.418 e. The Morgan fingerprint density at radius 1 is 1.12 bits per heavy atom. The Labute approximate surface area is 51.1 Å². The van der Waals surface area contributed by atoms with Gasteiger partial charge in [-0.1, -0.05) is 0 Å². The van der Waals surface area contributed by atoms with Crippen LogP contribution in [0.4, 0.5) is 0 Å². The summed E-state index contributed by atoms with van der Waals surface area (Å²) >= 11 is 4.63. The number of rotatable bonds is 0. The highest BCUT2D eigenvalue weighted by molar-refractivity contribution is 7.71. The molecule has 42 valence electrons.